The lowest BCUT2D eigenvalue weighted by Gasteiger charge is -2.70. The fourth-order valence-electron chi connectivity index (χ4n) is 8.26. The van der Waals surface area contributed by atoms with E-state index in [4.69, 9.17) is 18.9 Å². The number of aliphatic hydroxyl groups excluding tert-OH is 1. The van der Waals surface area contributed by atoms with E-state index in [0.29, 0.717) is 18.4 Å². The number of hydrogen-bond donors (Lipinski definition) is 1. The Morgan fingerprint density at radius 3 is 2.43 bits per heavy atom. The molecule has 42 heavy (non-hydrogen) atoms. The number of aliphatic hydroxyl groups is 1. The molecule has 1 aromatic heterocycles. The first-order chi connectivity index (χ1) is 19.9. The third kappa shape index (κ3) is 4.12. The molecule has 0 amide bonds. The van der Waals surface area contributed by atoms with Crippen LogP contribution in [0.2, 0.25) is 0 Å². The molecule has 0 radical (unpaired) electrons. The van der Waals surface area contributed by atoms with Gasteiger partial charge in [-0.3, -0.25) is 9.78 Å². The normalized spacial score (nSPS) is 39.1. The van der Waals surface area contributed by atoms with Crippen LogP contribution in [0.1, 0.15) is 73.6 Å². The zero-order valence-electron chi connectivity index (χ0n) is 24.2. The molecule has 1 spiro atoms. The molecule has 1 N–H and O–H groups in total. The van der Waals surface area contributed by atoms with Crippen molar-refractivity contribution in [3.05, 3.63) is 78.1 Å². The van der Waals surface area contributed by atoms with Gasteiger partial charge in [0.2, 0.25) is 0 Å². The van der Waals surface area contributed by atoms with Crippen LogP contribution < -0.4 is 0 Å². The molecule has 4 fully saturated rings. The van der Waals surface area contributed by atoms with Crippen molar-refractivity contribution in [3.63, 3.8) is 0 Å². The molecule has 9 heteroatoms. The van der Waals surface area contributed by atoms with Crippen molar-refractivity contribution >= 4 is 17.9 Å². The lowest BCUT2D eigenvalue weighted by Crippen LogP contribution is -2.79. The Bertz CT molecular complexity index is 1410. The fourth-order valence-corrected chi connectivity index (χ4v) is 8.26. The number of ether oxygens (including phenoxy) is 4. The van der Waals surface area contributed by atoms with Gasteiger partial charge in [0, 0.05) is 29.6 Å². The number of hydrogen-bond acceptors (Lipinski definition) is 9. The van der Waals surface area contributed by atoms with E-state index in [9.17, 15) is 19.5 Å². The second kappa shape index (κ2) is 10.0. The van der Waals surface area contributed by atoms with Crippen LogP contribution in [0, 0.1) is 16.7 Å². The molecular formula is C33H37NO8. The number of nitrogens with zero attached hydrogens (tertiary/aromatic N) is 1. The Balaban J connectivity index is 1.47. The summed E-state index contributed by atoms with van der Waals surface area (Å²) in [6.45, 7) is 10.1. The number of benzene rings is 1. The first kappa shape index (κ1) is 28.6. The lowest BCUT2D eigenvalue weighted by molar-refractivity contribution is -0.362. The van der Waals surface area contributed by atoms with E-state index in [1.807, 2.05) is 19.9 Å². The van der Waals surface area contributed by atoms with Crippen LogP contribution in [0.25, 0.3) is 0 Å². The van der Waals surface area contributed by atoms with E-state index < -0.39 is 58.3 Å². The molecule has 3 heterocycles. The number of aromatic nitrogens is 1. The minimum Gasteiger partial charge on any atom is -0.462 e. The predicted molar refractivity (Wildman–Crippen MR) is 150 cm³/mol. The second-order valence-electron chi connectivity index (χ2n) is 12.8. The summed E-state index contributed by atoms with van der Waals surface area (Å²) in [6, 6.07) is 12.0. The van der Waals surface area contributed by atoms with Crippen molar-refractivity contribution in [1.29, 1.82) is 0 Å². The summed E-state index contributed by atoms with van der Waals surface area (Å²) in [4.78, 5) is 43.4. The SMILES string of the molecule is C=C1CCC[C@H]2[C@@]1(C)[C@@H](OC(=O)c1cccnc1)[C@H](O)[C@]1(C)O[C@@]3(COC(=O)C3)C[C@H](OC(=O)c3ccccc3)[C@]21C. The Kier molecular flexibility index (Phi) is 6.81. The van der Waals surface area contributed by atoms with Gasteiger partial charge in [0.1, 0.15) is 36.1 Å². The van der Waals surface area contributed by atoms with E-state index in [2.05, 4.69) is 11.6 Å². The fraction of sp³-hybridized carbons (Fsp3) is 0.515. The third-order valence-corrected chi connectivity index (χ3v) is 10.7. The van der Waals surface area contributed by atoms with Crippen LogP contribution in [0.15, 0.2) is 67.0 Å². The van der Waals surface area contributed by atoms with Crippen LogP contribution in [0.5, 0.6) is 0 Å². The number of carbonyl (C=O) groups is 3. The van der Waals surface area contributed by atoms with Gasteiger partial charge in [-0.25, -0.2) is 9.59 Å². The van der Waals surface area contributed by atoms with Crippen LogP contribution >= 0.6 is 0 Å². The van der Waals surface area contributed by atoms with Gasteiger partial charge in [-0.15, -0.1) is 0 Å². The van der Waals surface area contributed by atoms with Gasteiger partial charge in [0.05, 0.1) is 17.5 Å². The molecule has 222 valence electrons. The maximum Gasteiger partial charge on any atom is 0.340 e. The van der Waals surface area contributed by atoms with E-state index in [1.165, 1.54) is 6.20 Å². The minimum absolute atomic E-state index is 0.0294. The Morgan fingerprint density at radius 2 is 1.76 bits per heavy atom. The molecule has 1 aromatic carbocycles. The van der Waals surface area contributed by atoms with Gasteiger partial charge in [-0.05, 0) is 56.4 Å². The summed E-state index contributed by atoms with van der Waals surface area (Å²) >= 11 is 0. The average molecular weight is 576 g/mol. The second-order valence-corrected chi connectivity index (χ2v) is 12.8. The van der Waals surface area contributed by atoms with Crippen molar-refractivity contribution in [2.75, 3.05) is 6.61 Å². The molecule has 6 rings (SSSR count). The van der Waals surface area contributed by atoms with Crippen molar-refractivity contribution < 1.29 is 38.4 Å². The molecular weight excluding hydrogens is 538 g/mol. The molecule has 2 aromatic rings. The van der Waals surface area contributed by atoms with Gasteiger partial charge in [0.25, 0.3) is 0 Å². The van der Waals surface area contributed by atoms with E-state index >= 15 is 0 Å². The summed E-state index contributed by atoms with van der Waals surface area (Å²) < 4.78 is 24.8. The van der Waals surface area contributed by atoms with E-state index in [1.54, 1.807) is 49.5 Å². The maximum atomic E-state index is 13.5. The Labute approximate surface area is 245 Å². The molecule has 4 aliphatic rings. The van der Waals surface area contributed by atoms with E-state index in [-0.39, 0.29) is 30.9 Å². The number of carbonyl (C=O) groups excluding carboxylic acids is 3. The van der Waals surface area contributed by atoms with Gasteiger partial charge < -0.3 is 24.1 Å². The van der Waals surface area contributed by atoms with Crippen molar-refractivity contribution in [2.45, 2.75) is 82.4 Å². The summed E-state index contributed by atoms with van der Waals surface area (Å²) in [5.74, 6) is -1.79. The monoisotopic (exact) mass is 575 g/mol. The summed E-state index contributed by atoms with van der Waals surface area (Å²) in [5, 5.41) is 12.4. The van der Waals surface area contributed by atoms with E-state index in [0.717, 1.165) is 12.0 Å². The van der Waals surface area contributed by atoms with Crippen molar-refractivity contribution in [2.24, 2.45) is 16.7 Å². The van der Waals surface area contributed by atoms with Crippen LogP contribution in [-0.2, 0) is 23.7 Å². The first-order valence-electron chi connectivity index (χ1n) is 14.5. The highest BCUT2D eigenvalue weighted by Crippen LogP contribution is 2.69. The van der Waals surface area contributed by atoms with Crippen LogP contribution in [0.3, 0.4) is 0 Å². The smallest absolute Gasteiger partial charge is 0.340 e. The highest BCUT2D eigenvalue weighted by Gasteiger charge is 2.76. The molecule has 2 saturated carbocycles. The number of fused-ring (bicyclic) bond motifs is 3. The zero-order chi connectivity index (χ0) is 29.9. The number of pyridine rings is 1. The third-order valence-electron chi connectivity index (χ3n) is 10.7. The summed E-state index contributed by atoms with van der Waals surface area (Å²) in [5.41, 5.74) is -2.82. The molecule has 0 unspecified atom stereocenters. The lowest BCUT2D eigenvalue weighted by atomic mass is 9.41. The van der Waals surface area contributed by atoms with Gasteiger partial charge >= 0.3 is 17.9 Å². The molecule has 2 aliphatic carbocycles. The Hall–Kier alpha value is -3.56. The largest absolute Gasteiger partial charge is 0.462 e. The van der Waals surface area contributed by atoms with Crippen LogP contribution in [0.4, 0.5) is 0 Å². The van der Waals surface area contributed by atoms with Crippen molar-refractivity contribution in [1.82, 2.24) is 4.98 Å². The quantitative estimate of drug-likeness (QED) is 0.320. The standard InChI is InChI=1S/C33H37NO8/c1-20-10-8-14-23-30(20,2)27(41-29(38)22-13-9-15-34-18-22)26(36)32(4)31(23,3)24(16-33(42-32)17-25(35)39-19-33)40-28(37)21-11-6-5-7-12-21/h5-7,9,11-13,15,18,23-24,26-27,36H,1,8,10,14,16-17,19H2,2-4H3/t23-,24-,26-,27-,30-,31-,32-,33-/m0/s1. The summed E-state index contributed by atoms with van der Waals surface area (Å²) in [7, 11) is 0. The number of esters is 3. The molecule has 0 bridgehead atoms. The predicted octanol–water partition coefficient (Wildman–Crippen LogP) is 4.44. The molecule has 9 nitrogen and oxygen atoms in total. The Morgan fingerprint density at radius 1 is 1.05 bits per heavy atom. The zero-order valence-corrected chi connectivity index (χ0v) is 24.2. The maximum absolute atomic E-state index is 13.5. The topological polar surface area (TPSA) is 121 Å². The number of cyclic esters (lactones) is 1. The van der Waals surface area contributed by atoms with Crippen LogP contribution in [-0.4, -0.2) is 64.1 Å². The van der Waals surface area contributed by atoms with Gasteiger partial charge in [-0.2, -0.15) is 0 Å². The number of rotatable bonds is 4. The van der Waals surface area contributed by atoms with Gasteiger partial charge in [0.15, 0.2) is 0 Å². The average Bonchev–Trinajstić information content (AvgIpc) is 3.34. The summed E-state index contributed by atoms with van der Waals surface area (Å²) in [6.07, 6.45) is 2.27. The minimum atomic E-state index is -1.40. The van der Waals surface area contributed by atoms with Crippen molar-refractivity contribution in [3.8, 4) is 0 Å². The first-order valence-corrected chi connectivity index (χ1v) is 14.5. The highest BCUT2D eigenvalue weighted by atomic mass is 16.6. The van der Waals surface area contributed by atoms with Gasteiger partial charge in [-0.1, -0.05) is 44.2 Å². The molecule has 2 aliphatic heterocycles. The molecule has 2 saturated heterocycles. The highest BCUT2D eigenvalue weighted by molar-refractivity contribution is 5.90. The molecule has 8 atom stereocenters.